The van der Waals surface area contributed by atoms with E-state index in [1.807, 2.05) is 22.8 Å². The van der Waals surface area contributed by atoms with E-state index in [1.165, 1.54) is 0 Å². The van der Waals surface area contributed by atoms with Crippen LogP contribution >= 0.6 is 11.3 Å². The second-order valence-corrected chi connectivity index (χ2v) is 3.85. The average Bonchev–Trinajstić information content (AvgIpc) is 2.71. The fourth-order valence-electron chi connectivity index (χ4n) is 1.17. The summed E-state index contributed by atoms with van der Waals surface area (Å²) in [6, 6.07) is 0. The second-order valence-electron chi connectivity index (χ2n) is 3.14. The van der Waals surface area contributed by atoms with Crippen molar-refractivity contribution in [3.8, 4) is 0 Å². The van der Waals surface area contributed by atoms with Gasteiger partial charge in [0.1, 0.15) is 11.6 Å². The summed E-state index contributed by atoms with van der Waals surface area (Å²) in [7, 11) is 1.94. The molecule has 0 aliphatic heterocycles. The Morgan fingerprint density at radius 3 is 2.80 bits per heavy atom. The van der Waals surface area contributed by atoms with Crippen molar-refractivity contribution in [3.05, 3.63) is 29.0 Å². The first-order chi connectivity index (χ1) is 7.25. The van der Waals surface area contributed by atoms with Gasteiger partial charge in [0.2, 0.25) is 0 Å². The van der Waals surface area contributed by atoms with E-state index >= 15 is 0 Å². The Kier molecular flexibility index (Phi) is 2.77. The van der Waals surface area contributed by atoms with Gasteiger partial charge in [-0.3, -0.25) is 0 Å². The molecule has 0 fully saturated rings. The van der Waals surface area contributed by atoms with Crippen LogP contribution in [-0.4, -0.2) is 22.0 Å². The largest absolute Gasteiger partial charge is 0.382 e. The van der Waals surface area contributed by atoms with Crippen LogP contribution in [0.2, 0.25) is 0 Å². The minimum atomic E-state index is 0.431. The summed E-state index contributed by atoms with van der Waals surface area (Å²) in [6.45, 7) is 0.724. The zero-order valence-electron chi connectivity index (χ0n) is 8.29. The summed E-state index contributed by atoms with van der Waals surface area (Å²) in [5.41, 5.74) is 8.31. The molecule has 2 rings (SSSR count). The van der Waals surface area contributed by atoms with Crippen molar-refractivity contribution in [2.75, 3.05) is 17.7 Å². The first kappa shape index (κ1) is 9.85. The van der Waals surface area contributed by atoms with E-state index in [9.17, 15) is 0 Å². The lowest BCUT2D eigenvalue weighted by atomic mass is 10.4. The lowest BCUT2D eigenvalue weighted by Crippen LogP contribution is -2.18. The van der Waals surface area contributed by atoms with E-state index in [1.54, 1.807) is 23.7 Å². The molecule has 2 N–H and O–H groups in total. The number of rotatable bonds is 3. The van der Waals surface area contributed by atoms with Crippen LogP contribution in [0.4, 0.5) is 11.6 Å². The van der Waals surface area contributed by atoms with Gasteiger partial charge in [-0.1, -0.05) is 0 Å². The molecular weight excluding hydrogens is 210 g/mol. The summed E-state index contributed by atoms with van der Waals surface area (Å²) in [4.78, 5) is 14.3. The molecule has 0 unspecified atom stereocenters. The van der Waals surface area contributed by atoms with Gasteiger partial charge < -0.3 is 10.6 Å². The molecular formula is C9H11N5S. The highest BCUT2D eigenvalue weighted by Crippen LogP contribution is 2.11. The lowest BCUT2D eigenvalue weighted by Gasteiger charge is -2.15. The quantitative estimate of drug-likeness (QED) is 0.842. The van der Waals surface area contributed by atoms with Crippen molar-refractivity contribution in [1.82, 2.24) is 15.0 Å². The van der Waals surface area contributed by atoms with E-state index in [0.29, 0.717) is 5.82 Å². The minimum Gasteiger partial charge on any atom is -0.382 e. The van der Waals surface area contributed by atoms with Gasteiger partial charge in [0.15, 0.2) is 0 Å². The van der Waals surface area contributed by atoms with Gasteiger partial charge in [-0.25, -0.2) is 15.0 Å². The fourth-order valence-corrected chi connectivity index (χ4v) is 1.72. The van der Waals surface area contributed by atoms with Crippen molar-refractivity contribution in [2.45, 2.75) is 6.54 Å². The van der Waals surface area contributed by atoms with Crippen LogP contribution in [0.15, 0.2) is 23.3 Å². The normalized spacial score (nSPS) is 10.2. The van der Waals surface area contributed by atoms with Crippen LogP contribution in [0.1, 0.15) is 5.69 Å². The molecule has 0 aliphatic rings. The van der Waals surface area contributed by atoms with Gasteiger partial charge in [-0.15, -0.1) is 11.3 Å². The highest BCUT2D eigenvalue weighted by atomic mass is 32.1. The van der Waals surface area contributed by atoms with Gasteiger partial charge >= 0.3 is 0 Å². The third-order valence-corrected chi connectivity index (χ3v) is 2.57. The minimum absolute atomic E-state index is 0.431. The van der Waals surface area contributed by atoms with E-state index in [2.05, 4.69) is 15.0 Å². The summed E-state index contributed by atoms with van der Waals surface area (Å²) in [6.07, 6.45) is 3.20. The van der Waals surface area contributed by atoms with Gasteiger partial charge in [-0.05, 0) is 0 Å². The zero-order valence-corrected chi connectivity index (χ0v) is 9.11. The topological polar surface area (TPSA) is 67.9 Å². The van der Waals surface area contributed by atoms with Crippen molar-refractivity contribution in [1.29, 1.82) is 0 Å². The van der Waals surface area contributed by atoms with Crippen LogP contribution in [0.5, 0.6) is 0 Å². The van der Waals surface area contributed by atoms with Crippen LogP contribution in [0.25, 0.3) is 0 Å². The number of anilines is 2. The summed E-state index contributed by atoms with van der Waals surface area (Å²) < 4.78 is 0. The number of nitrogens with two attached hydrogens (primary N) is 1. The molecule has 2 aromatic rings. The first-order valence-electron chi connectivity index (χ1n) is 4.41. The zero-order chi connectivity index (χ0) is 10.7. The smallest absolute Gasteiger partial charge is 0.147 e. The molecule has 0 aromatic carbocycles. The average molecular weight is 221 g/mol. The molecule has 0 saturated heterocycles. The van der Waals surface area contributed by atoms with Crippen molar-refractivity contribution in [2.24, 2.45) is 0 Å². The number of aromatic nitrogens is 3. The molecule has 0 bridgehead atoms. The standard InChI is InChI=1S/C9H11N5S/c1-14(4-7-5-15-6-13-7)9-3-11-8(10)2-12-9/h2-3,5-6H,4H2,1H3,(H2,10,11). The Morgan fingerprint density at radius 2 is 2.20 bits per heavy atom. The lowest BCUT2D eigenvalue weighted by molar-refractivity contribution is 0.869. The predicted molar refractivity (Wildman–Crippen MR) is 60.7 cm³/mol. The maximum absolute atomic E-state index is 5.46. The number of hydrogen-bond acceptors (Lipinski definition) is 6. The van der Waals surface area contributed by atoms with Gasteiger partial charge in [0, 0.05) is 12.4 Å². The molecule has 15 heavy (non-hydrogen) atoms. The summed E-state index contributed by atoms with van der Waals surface area (Å²) in [5.74, 6) is 1.22. The molecule has 0 radical (unpaired) electrons. The molecule has 2 aromatic heterocycles. The Bertz CT molecular complexity index is 411. The highest BCUT2D eigenvalue weighted by Gasteiger charge is 2.04. The van der Waals surface area contributed by atoms with Crippen LogP contribution in [-0.2, 0) is 6.54 Å². The predicted octanol–water partition coefficient (Wildman–Crippen LogP) is 1.15. The second kappa shape index (κ2) is 4.22. The molecule has 0 atom stereocenters. The SMILES string of the molecule is CN(Cc1cscn1)c1cnc(N)cn1. The third kappa shape index (κ3) is 2.41. The van der Waals surface area contributed by atoms with Gasteiger partial charge in [0.25, 0.3) is 0 Å². The molecule has 78 valence electrons. The number of nitrogens with zero attached hydrogens (tertiary/aromatic N) is 4. The van der Waals surface area contributed by atoms with Crippen LogP contribution in [0, 0.1) is 0 Å². The molecule has 0 spiro atoms. The maximum atomic E-state index is 5.46. The monoisotopic (exact) mass is 221 g/mol. The van der Waals surface area contributed by atoms with Crippen LogP contribution < -0.4 is 10.6 Å². The Balaban J connectivity index is 2.08. The van der Waals surface area contributed by atoms with E-state index < -0.39 is 0 Å². The van der Waals surface area contributed by atoms with E-state index in [-0.39, 0.29) is 0 Å². The van der Waals surface area contributed by atoms with Gasteiger partial charge in [0.05, 0.1) is 30.1 Å². The number of nitrogen functional groups attached to an aromatic ring is 1. The molecule has 2 heterocycles. The number of hydrogen-bond donors (Lipinski definition) is 1. The molecule has 6 heteroatoms. The Labute approximate surface area is 91.6 Å². The van der Waals surface area contributed by atoms with E-state index in [0.717, 1.165) is 18.1 Å². The molecule has 0 aliphatic carbocycles. The van der Waals surface area contributed by atoms with Gasteiger partial charge in [-0.2, -0.15) is 0 Å². The van der Waals surface area contributed by atoms with Crippen LogP contribution in [0.3, 0.4) is 0 Å². The molecule has 5 nitrogen and oxygen atoms in total. The third-order valence-electron chi connectivity index (χ3n) is 1.93. The van der Waals surface area contributed by atoms with Crippen molar-refractivity contribution in [3.63, 3.8) is 0 Å². The summed E-state index contributed by atoms with van der Waals surface area (Å²) >= 11 is 1.59. The highest BCUT2D eigenvalue weighted by molar-refractivity contribution is 7.07. The maximum Gasteiger partial charge on any atom is 0.147 e. The molecule has 0 saturated carbocycles. The summed E-state index contributed by atoms with van der Waals surface area (Å²) in [5, 5.41) is 2.02. The first-order valence-corrected chi connectivity index (χ1v) is 5.35. The fraction of sp³-hybridized carbons (Fsp3) is 0.222. The Hall–Kier alpha value is -1.69. The molecule has 0 amide bonds. The van der Waals surface area contributed by atoms with Crippen molar-refractivity contribution >= 4 is 23.0 Å². The Morgan fingerprint density at radius 1 is 1.33 bits per heavy atom. The van der Waals surface area contributed by atoms with E-state index in [4.69, 9.17) is 5.73 Å². The number of thiazole rings is 1. The van der Waals surface area contributed by atoms with Crippen molar-refractivity contribution < 1.29 is 0 Å².